The minimum absolute atomic E-state index is 0.250. The first-order valence-corrected chi connectivity index (χ1v) is 3.90. The van der Waals surface area contributed by atoms with Crippen molar-refractivity contribution in [3.63, 3.8) is 0 Å². The van der Waals surface area contributed by atoms with Gasteiger partial charge in [-0.15, -0.1) is 0 Å². The van der Waals surface area contributed by atoms with Gasteiger partial charge in [-0.1, -0.05) is 0 Å². The van der Waals surface area contributed by atoms with Crippen LogP contribution < -0.4 is 0 Å². The summed E-state index contributed by atoms with van der Waals surface area (Å²) in [7, 11) is 0. The molecular formula is C2H8CrO5. The molecule has 5 nitrogen and oxygen atoms in total. The van der Waals surface area contributed by atoms with Gasteiger partial charge in [0, 0.05) is 6.61 Å². The van der Waals surface area contributed by atoms with E-state index in [9.17, 15) is 0 Å². The third-order valence-corrected chi connectivity index (χ3v) is 0. The fraction of sp³-hybridized carbons (Fsp3) is 1.00. The van der Waals surface area contributed by atoms with Crippen LogP contribution in [0.1, 0.15) is 6.92 Å². The summed E-state index contributed by atoms with van der Waals surface area (Å²) in [6.45, 7) is 1.93. The molecule has 6 heteroatoms. The Bertz CT molecular complexity index is 104. The fourth-order valence-corrected chi connectivity index (χ4v) is 0. The van der Waals surface area contributed by atoms with Gasteiger partial charge in [-0.05, 0) is 6.92 Å². The van der Waals surface area contributed by atoms with Crippen LogP contribution in [0.2, 0.25) is 0 Å². The summed E-state index contributed by atoms with van der Waals surface area (Å²) < 4.78 is 31.9. The summed E-state index contributed by atoms with van der Waals surface area (Å²) in [5, 5.41) is 7.57. The summed E-state index contributed by atoms with van der Waals surface area (Å²) in [5.41, 5.74) is 0. The molecule has 0 atom stereocenters. The van der Waals surface area contributed by atoms with Gasteiger partial charge in [0.25, 0.3) is 0 Å². The van der Waals surface area contributed by atoms with E-state index in [-0.39, 0.29) is 6.61 Å². The molecule has 0 aliphatic heterocycles. The zero-order chi connectivity index (χ0) is 7.21. The third kappa shape index (κ3) is 972000. The zero-order valence-electron chi connectivity index (χ0n) is 4.27. The topological polar surface area (TPSA) is 94.8 Å². The number of aliphatic hydroxyl groups excluding tert-OH is 1. The van der Waals surface area contributed by atoms with E-state index in [1.807, 2.05) is 0 Å². The molecule has 0 aliphatic carbocycles. The van der Waals surface area contributed by atoms with Crippen LogP contribution in [0.25, 0.3) is 0 Å². The maximum absolute atomic E-state index is 8.82. The Kier molecular flexibility index (Phi) is 7.02. The second kappa shape index (κ2) is 5.16. The van der Waals surface area contributed by atoms with Crippen molar-refractivity contribution in [2.75, 3.05) is 6.61 Å². The minimum atomic E-state index is -5.25. The van der Waals surface area contributed by atoms with E-state index in [2.05, 4.69) is 0 Å². The molecule has 0 unspecified atom stereocenters. The first-order valence-electron chi connectivity index (χ1n) is 1.72. The third-order valence-electron chi connectivity index (χ3n) is 0. The molecule has 0 fully saturated rings. The average molecular weight is 164 g/mol. The zero-order valence-corrected chi connectivity index (χ0v) is 5.55. The van der Waals surface area contributed by atoms with E-state index in [0.717, 1.165) is 0 Å². The molecular weight excluding hydrogens is 156 g/mol. The van der Waals surface area contributed by atoms with Gasteiger partial charge < -0.3 is 5.11 Å². The van der Waals surface area contributed by atoms with Crippen LogP contribution in [-0.2, 0) is 21.2 Å². The van der Waals surface area contributed by atoms with Crippen molar-refractivity contribution in [2.45, 2.75) is 6.92 Å². The van der Waals surface area contributed by atoms with Crippen LogP contribution in [0.4, 0.5) is 0 Å². The Morgan fingerprint density at radius 3 is 1.38 bits per heavy atom. The second-order valence-electron chi connectivity index (χ2n) is 0.764. The van der Waals surface area contributed by atoms with Crippen molar-refractivity contribution in [1.82, 2.24) is 0 Å². The summed E-state index contributed by atoms with van der Waals surface area (Å²) in [4.78, 5) is 0. The van der Waals surface area contributed by atoms with Crippen LogP contribution in [0.15, 0.2) is 0 Å². The number of aliphatic hydroxyl groups is 1. The van der Waals surface area contributed by atoms with Crippen LogP contribution >= 0.6 is 0 Å². The van der Waals surface area contributed by atoms with Crippen LogP contribution in [-0.4, -0.2) is 20.0 Å². The van der Waals surface area contributed by atoms with Crippen molar-refractivity contribution in [1.29, 1.82) is 0 Å². The Morgan fingerprint density at radius 1 is 1.38 bits per heavy atom. The SMILES string of the molecule is CCO.[O]=[Cr](=[O])([OH])[OH]. The van der Waals surface area contributed by atoms with Crippen molar-refractivity contribution < 1.29 is 34.6 Å². The van der Waals surface area contributed by atoms with E-state index in [1.54, 1.807) is 6.92 Å². The molecule has 0 aromatic rings. The van der Waals surface area contributed by atoms with Gasteiger partial charge in [0.05, 0.1) is 0 Å². The van der Waals surface area contributed by atoms with E-state index in [4.69, 9.17) is 21.0 Å². The average Bonchev–Trinajstić information content (AvgIpc) is 1.27. The van der Waals surface area contributed by atoms with E-state index < -0.39 is 13.6 Å². The van der Waals surface area contributed by atoms with Crippen molar-refractivity contribution in [2.24, 2.45) is 0 Å². The Morgan fingerprint density at radius 2 is 1.38 bits per heavy atom. The normalized spacial score (nSPS) is 9.50. The molecule has 0 aliphatic rings. The molecule has 0 saturated carbocycles. The Labute approximate surface area is 49.0 Å². The molecule has 0 radical (unpaired) electrons. The molecule has 8 heavy (non-hydrogen) atoms. The quantitative estimate of drug-likeness (QED) is 0.411. The molecule has 0 rings (SSSR count). The van der Waals surface area contributed by atoms with Gasteiger partial charge in [0.15, 0.2) is 0 Å². The van der Waals surface area contributed by atoms with Crippen molar-refractivity contribution >= 4 is 0 Å². The first kappa shape index (κ1) is 10.9. The maximum atomic E-state index is 8.82. The van der Waals surface area contributed by atoms with Gasteiger partial charge >= 0.3 is 29.5 Å². The number of rotatable bonds is 0. The molecule has 3 N–H and O–H groups in total. The first-order chi connectivity index (χ1) is 3.41. The summed E-state index contributed by atoms with van der Waals surface area (Å²) in [5.74, 6) is 0. The predicted octanol–water partition coefficient (Wildman–Crippen LogP) is -1.36. The van der Waals surface area contributed by atoms with Crippen LogP contribution in [0.5, 0.6) is 0 Å². The van der Waals surface area contributed by atoms with Crippen LogP contribution in [0.3, 0.4) is 0 Å². The Balaban J connectivity index is 0. The van der Waals surface area contributed by atoms with Crippen molar-refractivity contribution in [3.8, 4) is 0 Å². The molecule has 0 amide bonds. The van der Waals surface area contributed by atoms with E-state index in [1.165, 1.54) is 0 Å². The van der Waals surface area contributed by atoms with Gasteiger partial charge in [-0.3, -0.25) is 0 Å². The van der Waals surface area contributed by atoms with Gasteiger partial charge in [-0.2, -0.15) is 0 Å². The molecule has 0 heterocycles. The van der Waals surface area contributed by atoms with E-state index >= 15 is 0 Å². The van der Waals surface area contributed by atoms with Crippen molar-refractivity contribution in [3.05, 3.63) is 0 Å². The summed E-state index contributed by atoms with van der Waals surface area (Å²) in [6.07, 6.45) is 0. The van der Waals surface area contributed by atoms with Gasteiger partial charge in [0.2, 0.25) is 0 Å². The molecule has 0 spiro atoms. The fourth-order valence-electron chi connectivity index (χ4n) is 0. The molecule has 0 aromatic heterocycles. The second-order valence-corrected chi connectivity index (χ2v) is 2.16. The molecule has 0 bridgehead atoms. The molecule has 0 saturated heterocycles. The molecule has 0 aromatic carbocycles. The molecule has 52 valence electrons. The summed E-state index contributed by atoms with van der Waals surface area (Å²) in [6, 6.07) is 0. The monoisotopic (exact) mass is 164 g/mol. The van der Waals surface area contributed by atoms with Gasteiger partial charge in [0.1, 0.15) is 0 Å². The number of hydrogen-bond donors (Lipinski definition) is 3. The van der Waals surface area contributed by atoms with Gasteiger partial charge in [-0.25, -0.2) is 0 Å². The standard InChI is InChI=1S/C2H6O.Cr.2H2O.2O/c1-2-3;;;;;/h3H,2H2,1H3;;2*1H2;;/q;+2;;;;/p-2. The Hall–Kier alpha value is 0.0125. The van der Waals surface area contributed by atoms with E-state index in [0.29, 0.717) is 0 Å². The number of hydrogen-bond acceptors (Lipinski definition) is 3. The van der Waals surface area contributed by atoms with Crippen LogP contribution in [0, 0.1) is 0 Å². The predicted molar refractivity (Wildman–Crippen MR) is 18.6 cm³/mol. The summed E-state index contributed by atoms with van der Waals surface area (Å²) >= 11 is -5.25.